The van der Waals surface area contributed by atoms with Gasteiger partial charge in [0, 0.05) is 30.7 Å². The monoisotopic (exact) mass is 506 g/mol. The highest BCUT2D eigenvalue weighted by Gasteiger charge is 2.20. The van der Waals surface area contributed by atoms with Crippen LogP contribution >= 0.6 is 24.0 Å². The first-order valence-electron chi connectivity index (χ1n) is 9.71. The molecule has 3 N–H and O–H groups in total. The van der Waals surface area contributed by atoms with E-state index in [1.54, 1.807) is 7.05 Å². The molecule has 0 fully saturated rings. The molecular formula is C22H27IN4O2. The molecule has 0 saturated heterocycles. The summed E-state index contributed by atoms with van der Waals surface area (Å²) in [5, 5.41) is 8.00. The molecule has 4 rings (SSSR count). The van der Waals surface area contributed by atoms with Gasteiger partial charge in [-0.3, -0.25) is 4.99 Å². The molecule has 0 radical (unpaired) electrons. The Bertz CT molecular complexity index is 957. The van der Waals surface area contributed by atoms with Crippen molar-refractivity contribution in [2.24, 2.45) is 4.99 Å². The number of H-pyrrole nitrogens is 1. The lowest BCUT2D eigenvalue weighted by molar-refractivity contribution is 0.0936. The summed E-state index contributed by atoms with van der Waals surface area (Å²) in [6, 6.07) is 16.2. The molecule has 29 heavy (non-hydrogen) atoms. The number of nitrogens with zero attached hydrogens (tertiary/aromatic N) is 1. The number of aromatic nitrogens is 1. The van der Waals surface area contributed by atoms with Crippen LogP contribution in [0.3, 0.4) is 0 Å². The van der Waals surface area contributed by atoms with Gasteiger partial charge in [-0.1, -0.05) is 30.3 Å². The second-order valence-electron chi connectivity index (χ2n) is 6.84. The third-order valence-electron chi connectivity index (χ3n) is 4.88. The molecule has 1 aliphatic heterocycles. The van der Waals surface area contributed by atoms with Gasteiger partial charge in [0.15, 0.2) is 17.5 Å². The van der Waals surface area contributed by atoms with Crippen LogP contribution in [-0.2, 0) is 6.42 Å². The lowest BCUT2D eigenvalue weighted by Gasteiger charge is -2.27. The third-order valence-corrected chi connectivity index (χ3v) is 4.88. The number of fused-ring (bicyclic) bond motifs is 2. The van der Waals surface area contributed by atoms with Gasteiger partial charge in [0.1, 0.15) is 12.7 Å². The van der Waals surface area contributed by atoms with Crippen molar-refractivity contribution < 1.29 is 9.47 Å². The van der Waals surface area contributed by atoms with Crippen LogP contribution in [0.2, 0.25) is 0 Å². The standard InChI is InChI=1S/C22H26N4O2.HI/c1-23-22(26-14-17-15-27-20-10-4-5-11-21(20)28-17)24-12-6-7-16-13-25-19-9-3-2-8-18(16)19;/h2-5,8-11,13,17,25H,6-7,12,14-15H2,1H3,(H2,23,24,26);1H. The summed E-state index contributed by atoms with van der Waals surface area (Å²) in [5.74, 6) is 2.38. The van der Waals surface area contributed by atoms with Crippen LogP contribution in [0.25, 0.3) is 10.9 Å². The van der Waals surface area contributed by atoms with E-state index in [0.717, 1.165) is 36.8 Å². The summed E-state index contributed by atoms with van der Waals surface area (Å²) in [6.45, 7) is 2.02. The van der Waals surface area contributed by atoms with Crippen molar-refractivity contribution in [2.75, 3.05) is 26.7 Å². The average Bonchev–Trinajstić information content (AvgIpc) is 3.16. The second-order valence-corrected chi connectivity index (χ2v) is 6.84. The van der Waals surface area contributed by atoms with E-state index in [2.05, 4.69) is 51.1 Å². The Kier molecular flexibility index (Phi) is 7.62. The topological polar surface area (TPSA) is 70.7 Å². The van der Waals surface area contributed by atoms with E-state index in [1.165, 1.54) is 16.5 Å². The molecule has 154 valence electrons. The first-order valence-corrected chi connectivity index (χ1v) is 9.71. The fraction of sp³-hybridized carbons (Fsp3) is 0.318. The largest absolute Gasteiger partial charge is 0.486 e. The molecule has 1 atom stereocenters. The Morgan fingerprint density at radius 2 is 1.90 bits per heavy atom. The first kappa shape index (κ1) is 21.3. The zero-order valence-electron chi connectivity index (χ0n) is 16.5. The van der Waals surface area contributed by atoms with Crippen LogP contribution in [0, 0.1) is 0 Å². The third kappa shape index (κ3) is 5.35. The van der Waals surface area contributed by atoms with Crippen LogP contribution in [-0.4, -0.2) is 43.8 Å². The summed E-state index contributed by atoms with van der Waals surface area (Å²) in [5.41, 5.74) is 2.55. The van der Waals surface area contributed by atoms with Crippen molar-refractivity contribution in [3.63, 3.8) is 0 Å². The molecule has 0 saturated carbocycles. The Morgan fingerprint density at radius 1 is 1.10 bits per heavy atom. The molecule has 0 amide bonds. The Morgan fingerprint density at radius 3 is 2.76 bits per heavy atom. The molecule has 6 nitrogen and oxygen atoms in total. The predicted octanol–water partition coefficient (Wildman–Crippen LogP) is 3.72. The number of nitrogens with one attached hydrogen (secondary N) is 3. The van der Waals surface area contributed by atoms with Crippen molar-refractivity contribution in [3.05, 3.63) is 60.3 Å². The van der Waals surface area contributed by atoms with Gasteiger partial charge < -0.3 is 25.1 Å². The Hall–Kier alpha value is -2.42. The van der Waals surface area contributed by atoms with Gasteiger partial charge in [-0.05, 0) is 36.6 Å². The molecule has 7 heteroatoms. The van der Waals surface area contributed by atoms with Crippen LogP contribution < -0.4 is 20.1 Å². The molecule has 0 bridgehead atoms. The highest BCUT2D eigenvalue weighted by atomic mass is 127. The number of hydrogen-bond acceptors (Lipinski definition) is 3. The minimum absolute atomic E-state index is 0. The van der Waals surface area contributed by atoms with Crippen LogP contribution in [0.4, 0.5) is 0 Å². The zero-order chi connectivity index (χ0) is 19.2. The molecule has 2 aromatic carbocycles. The normalized spacial score (nSPS) is 15.6. The second kappa shape index (κ2) is 10.4. The molecular weight excluding hydrogens is 479 g/mol. The van der Waals surface area contributed by atoms with Crippen molar-refractivity contribution >= 4 is 40.8 Å². The number of aromatic amines is 1. The van der Waals surface area contributed by atoms with Crippen LogP contribution in [0.1, 0.15) is 12.0 Å². The van der Waals surface area contributed by atoms with Gasteiger partial charge in [0.05, 0.1) is 6.54 Å². The summed E-state index contributed by atoms with van der Waals surface area (Å²) >= 11 is 0. The smallest absolute Gasteiger partial charge is 0.191 e. The maximum atomic E-state index is 5.97. The maximum Gasteiger partial charge on any atom is 0.191 e. The summed E-state index contributed by atoms with van der Waals surface area (Å²) in [6.07, 6.45) is 4.11. The Balaban J connectivity index is 0.00000240. The van der Waals surface area contributed by atoms with Crippen molar-refractivity contribution in [3.8, 4) is 11.5 Å². The lowest BCUT2D eigenvalue weighted by atomic mass is 10.1. The first-order chi connectivity index (χ1) is 13.8. The number of hydrogen-bond donors (Lipinski definition) is 3. The van der Waals surface area contributed by atoms with E-state index in [4.69, 9.17) is 9.47 Å². The molecule has 2 heterocycles. The van der Waals surface area contributed by atoms with Gasteiger partial charge in [0.25, 0.3) is 0 Å². The molecule has 1 aliphatic rings. The fourth-order valence-corrected chi connectivity index (χ4v) is 3.42. The maximum absolute atomic E-state index is 5.97. The minimum Gasteiger partial charge on any atom is -0.486 e. The number of ether oxygens (including phenoxy) is 2. The summed E-state index contributed by atoms with van der Waals surface area (Å²) in [4.78, 5) is 7.62. The number of guanidine groups is 1. The minimum atomic E-state index is -0.0420. The number of aryl methyl sites for hydroxylation is 1. The van der Waals surface area contributed by atoms with E-state index in [-0.39, 0.29) is 30.1 Å². The predicted molar refractivity (Wildman–Crippen MR) is 128 cm³/mol. The molecule has 0 spiro atoms. The molecule has 1 unspecified atom stereocenters. The Labute approximate surface area is 188 Å². The van der Waals surface area contributed by atoms with E-state index < -0.39 is 0 Å². The fourth-order valence-electron chi connectivity index (χ4n) is 3.42. The number of para-hydroxylation sites is 3. The molecule has 3 aromatic rings. The number of halogens is 1. The van der Waals surface area contributed by atoms with E-state index >= 15 is 0 Å². The van der Waals surface area contributed by atoms with E-state index in [0.29, 0.717) is 13.2 Å². The van der Waals surface area contributed by atoms with Gasteiger partial charge in [-0.25, -0.2) is 0 Å². The van der Waals surface area contributed by atoms with Crippen molar-refractivity contribution in [1.29, 1.82) is 0 Å². The summed E-state index contributed by atoms with van der Waals surface area (Å²) in [7, 11) is 1.78. The van der Waals surface area contributed by atoms with Crippen LogP contribution in [0.15, 0.2) is 59.7 Å². The van der Waals surface area contributed by atoms with Gasteiger partial charge in [0.2, 0.25) is 0 Å². The highest BCUT2D eigenvalue weighted by Crippen LogP contribution is 2.30. The zero-order valence-corrected chi connectivity index (χ0v) is 18.8. The molecule has 0 aliphatic carbocycles. The van der Waals surface area contributed by atoms with Gasteiger partial charge in [-0.2, -0.15) is 0 Å². The number of aliphatic imine (C=N–C) groups is 1. The van der Waals surface area contributed by atoms with E-state index in [1.807, 2.05) is 24.3 Å². The van der Waals surface area contributed by atoms with Gasteiger partial charge in [-0.15, -0.1) is 24.0 Å². The number of rotatable bonds is 6. The number of benzene rings is 2. The van der Waals surface area contributed by atoms with Gasteiger partial charge >= 0.3 is 0 Å². The quantitative estimate of drug-likeness (QED) is 0.206. The SMILES string of the molecule is CN=C(NCCCc1c[nH]c2ccccc12)NCC1COc2ccccc2O1.I. The lowest BCUT2D eigenvalue weighted by Crippen LogP contribution is -2.45. The van der Waals surface area contributed by atoms with E-state index in [9.17, 15) is 0 Å². The van der Waals surface area contributed by atoms with Crippen molar-refractivity contribution in [2.45, 2.75) is 18.9 Å². The highest BCUT2D eigenvalue weighted by molar-refractivity contribution is 14.0. The average molecular weight is 506 g/mol. The van der Waals surface area contributed by atoms with Crippen molar-refractivity contribution in [1.82, 2.24) is 15.6 Å². The molecule has 1 aromatic heterocycles. The summed E-state index contributed by atoms with van der Waals surface area (Å²) < 4.78 is 11.7. The van der Waals surface area contributed by atoms with Crippen LogP contribution in [0.5, 0.6) is 11.5 Å².